The van der Waals surface area contributed by atoms with E-state index in [1.54, 1.807) is 6.92 Å². The van der Waals surface area contributed by atoms with Gasteiger partial charge in [0.15, 0.2) is 0 Å². The molecule has 1 aliphatic heterocycles. The van der Waals surface area contributed by atoms with Gasteiger partial charge in [0.1, 0.15) is 0 Å². The van der Waals surface area contributed by atoms with Crippen molar-refractivity contribution in [3.8, 4) is 6.07 Å². The molecule has 0 bridgehead atoms. The predicted octanol–water partition coefficient (Wildman–Crippen LogP) is 2.88. The molecule has 0 aromatic heterocycles. The van der Waals surface area contributed by atoms with Crippen LogP contribution >= 0.6 is 0 Å². The molecule has 2 aliphatic rings. The first-order chi connectivity index (χ1) is 9.11. The lowest BCUT2D eigenvalue weighted by Crippen LogP contribution is -2.48. The van der Waals surface area contributed by atoms with Crippen LogP contribution in [0.5, 0.6) is 0 Å². The number of rotatable bonds is 1. The fraction of sp³-hybridized carbons (Fsp3) is 0.500. The second-order valence-corrected chi connectivity index (χ2v) is 5.85. The number of amides is 1. The van der Waals surface area contributed by atoms with Crippen LogP contribution in [-0.2, 0) is 11.2 Å². The highest BCUT2D eigenvalue weighted by atomic mass is 16.2. The molecule has 0 N–H and O–H groups in total. The highest BCUT2D eigenvalue weighted by Crippen LogP contribution is 2.45. The molecular formula is C16H18N2O. The van der Waals surface area contributed by atoms with E-state index in [1.807, 2.05) is 23.1 Å². The summed E-state index contributed by atoms with van der Waals surface area (Å²) in [6.07, 6.45) is 3.45. The fourth-order valence-electron chi connectivity index (χ4n) is 3.43. The topological polar surface area (TPSA) is 44.1 Å². The van der Waals surface area contributed by atoms with Crippen LogP contribution < -0.4 is 4.90 Å². The second-order valence-electron chi connectivity index (χ2n) is 5.85. The van der Waals surface area contributed by atoms with Gasteiger partial charge >= 0.3 is 0 Å². The molecule has 1 aliphatic carbocycles. The Bertz CT molecular complexity index is 569. The minimum Gasteiger partial charge on any atom is -0.309 e. The number of carbonyl (C=O) groups excluding carboxylic acids is 1. The zero-order valence-corrected chi connectivity index (χ0v) is 11.4. The summed E-state index contributed by atoms with van der Waals surface area (Å²) < 4.78 is 0. The van der Waals surface area contributed by atoms with Crippen LogP contribution in [0.1, 0.15) is 37.8 Å². The Morgan fingerprint density at radius 1 is 1.42 bits per heavy atom. The van der Waals surface area contributed by atoms with Crippen molar-refractivity contribution in [2.75, 3.05) is 4.90 Å². The maximum absolute atomic E-state index is 12.1. The normalized spacial score (nSPS) is 25.6. The number of anilines is 1. The molecule has 3 rings (SSSR count). The van der Waals surface area contributed by atoms with Crippen molar-refractivity contribution in [2.24, 2.45) is 11.8 Å². The van der Waals surface area contributed by atoms with Crippen LogP contribution in [0.25, 0.3) is 0 Å². The van der Waals surface area contributed by atoms with Crippen molar-refractivity contribution in [1.82, 2.24) is 0 Å². The molecule has 1 amide bonds. The summed E-state index contributed by atoms with van der Waals surface area (Å²) in [5.41, 5.74) is 2.83. The van der Waals surface area contributed by atoms with Gasteiger partial charge in [0.2, 0.25) is 5.91 Å². The first-order valence-corrected chi connectivity index (χ1v) is 6.94. The van der Waals surface area contributed by atoms with Crippen molar-refractivity contribution in [3.63, 3.8) is 0 Å². The monoisotopic (exact) mass is 254 g/mol. The number of nitriles is 1. The third-order valence-corrected chi connectivity index (χ3v) is 4.34. The van der Waals surface area contributed by atoms with Crippen molar-refractivity contribution in [2.45, 2.75) is 39.2 Å². The molecule has 0 saturated heterocycles. The molecule has 1 heterocycles. The fourth-order valence-corrected chi connectivity index (χ4v) is 3.43. The highest BCUT2D eigenvalue weighted by Gasteiger charge is 2.43. The van der Waals surface area contributed by atoms with E-state index in [4.69, 9.17) is 5.26 Å². The Morgan fingerprint density at radius 2 is 2.16 bits per heavy atom. The largest absolute Gasteiger partial charge is 0.309 e. The van der Waals surface area contributed by atoms with Crippen LogP contribution in [0.4, 0.5) is 5.69 Å². The Kier molecular flexibility index (Phi) is 2.82. The third kappa shape index (κ3) is 2.02. The zero-order valence-electron chi connectivity index (χ0n) is 11.4. The average Bonchev–Trinajstić information content (AvgIpc) is 3.20. The van der Waals surface area contributed by atoms with Crippen LogP contribution in [0.15, 0.2) is 18.2 Å². The van der Waals surface area contributed by atoms with Gasteiger partial charge < -0.3 is 4.90 Å². The SMILES string of the molecule is CC(=O)N1c2ccc(C#N)cc2CC(C)[C@@H]1C1CC1. The van der Waals surface area contributed by atoms with E-state index in [0.29, 0.717) is 23.4 Å². The van der Waals surface area contributed by atoms with E-state index < -0.39 is 0 Å². The lowest BCUT2D eigenvalue weighted by molar-refractivity contribution is -0.117. The molecule has 1 unspecified atom stereocenters. The summed E-state index contributed by atoms with van der Waals surface area (Å²) in [6.45, 7) is 3.87. The molecule has 3 nitrogen and oxygen atoms in total. The van der Waals surface area contributed by atoms with E-state index >= 15 is 0 Å². The number of carbonyl (C=O) groups is 1. The second kappa shape index (κ2) is 4.38. The van der Waals surface area contributed by atoms with Gasteiger partial charge in [0.05, 0.1) is 11.6 Å². The Labute approximate surface area is 113 Å². The van der Waals surface area contributed by atoms with E-state index in [2.05, 4.69) is 13.0 Å². The van der Waals surface area contributed by atoms with Crippen LogP contribution in [0, 0.1) is 23.2 Å². The van der Waals surface area contributed by atoms with Gasteiger partial charge in [-0.05, 0) is 54.9 Å². The molecule has 19 heavy (non-hydrogen) atoms. The van der Waals surface area contributed by atoms with Crippen LogP contribution in [-0.4, -0.2) is 11.9 Å². The number of hydrogen-bond acceptors (Lipinski definition) is 2. The van der Waals surface area contributed by atoms with Gasteiger partial charge in [0, 0.05) is 18.7 Å². The average molecular weight is 254 g/mol. The quantitative estimate of drug-likeness (QED) is 0.773. The first-order valence-electron chi connectivity index (χ1n) is 6.94. The smallest absolute Gasteiger partial charge is 0.224 e. The summed E-state index contributed by atoms with van der Waals surface area (Å²) in [7, 11) is 0. The van der Waals surface area contributed by atoms with Crippen molar-refractivity contribution in [3.05, 3.63) is 29.3 Å². The molecule has 0 radical (unpaired) electrons. The van der Waals surface area contributed by atoms with Gasteiger partial charge in [-0.15, -0.1) is 0 Å². The number of fused-ring (bicyclic) bond motifs is 1. The molecule has 1 fully saturated rings. The minimum atomic E-state index is 0.120. The van der Waals surface area contributed by atoms with Gasteiger partial charge in [-0.3, -0.25) is 4.79 Å². The van der Waals surface area contributed by atoms with Gasteiger partial charge in [-0.25, -0.2) is 0 Å². The van der Waals surface area contributed by atoms with Crippen LogP contribution in [0.3, 0.4) is 0 Å². The summed E-state index contributed by atoms with van der Waals surface area (Å²) in [5, 5.41) is 9.00. The lowest BCUT2D eigenvalue weighted by Gasteiger charge is -2.41. The maximum Gasteiger partial charge on any atom is 0.224 e. The summed E-state index contributed by atoms with van der Waals surface area (Å²) in [4.78, 5) is 14.0. The first kappa shape index (κ1) is 12.2. The molecule has 1 saturated carbocycles. The van der Waals surface area contributed by atoms with E-state index in [0.717, 1.165) is 17.7 Å². The maximum atomic E-state index is 12.1. The standard InChI is InChI=1S/C16H18N2O/c1-10-7-14-8-12(9-17)3-6-15(14)18(11(2)19)16(10)13-4-5-13/h3,6,8,10,13,16H,4-5,7H2,1-2H3/t10?,16-/m1/s1. The molecule has 1 aromatic rings. The summed E-state index contributed by atoms with van der Waals surface area (Å²) in [6, 6.07) is 8.21. The van der Waals surface area contributed by atoms with E-state index in [1.165, 1.54) is 12.8 Å². The number of hydrogen-bond donors (Lipinski definition) is 0. The van der Waals surface area contributed by atoms with Crippen LogP contribution in [0.2, 0.25) is 0 Å². The number of nitrogens with zero attached hydrogens (tertiary/aromatic N) is 2. The Balaban J connectivity index is 2.07. The minimum absolute atomic E-state index is 0.120. The molecule has 98 valence electrons. The van der Waals surface area contributed by atoms with Gasteiger partial charge in [-0.1, -0.05) is 6.92 Å². The Hall–Kier alpha value is -1.82. The van der Waals surface area contributed by atoms with E-state index in [-0.39, 0.29) is 5.91 Å². The van der Waals surface area contributed by atoms with Gasteiger partial charge in [0.25, 0.3) is 0 Å². The highest BCUT2D eigenvalue weighted by molar-refractivity contribution is 5.93. The van der Waals surface area contributed by atoms with Gasteiger partial charge in [-0.2, -0.15) is 5.26 Å². The Morgan fingerprint density at radius 3 is 2.74 bits per heavy atom. The molecule has 3 heteroatoms. The van der Waals surface area contributed by atoms with Crippen molar-refractivity contribution in [1.29, 1.82) is 5.26 Å². The molecule has 1 aromatic carbocycles. The van der Waals surface area contributed by atoms with Crippen molar-refractivity contribution >= 4 is 11.6 Å². The molecule has 2 atom stereocenters. The third-order valence-electron chi connectivity index (χ3n) is 4.34. The summed E-state index contributed by atoms with van der Waals surface area (Å²) in [5.74, 6) is 1.26. The van der Waals surface area contributed by atoms with Crippen molar-refractivity contribution < 1.29 is 4.79 Å². The summed E-state index contributed by atoms with van der Waals surface area (Å²) >= 11 is 0. The predicted molar refractivity (Wildman–Crippen MR) is 73.7 cm³/mol. The lowest BCUT2D eigenvalue weighted by atomic mass is 9.83. The zero-order chi connectivity index (χ0) is 13.6. The number of benzene rings is 1. The van der Waals surface area contributed by atoms with E-state index in [9.17, 15) is 4.79 Å². The molecular weight excluding hydrogens is 236 g/mol. The molecule has 0 spiro atoms.